The zero-order valence-corrected chi connectivity index (χ0v) is 11.7. The predicted octanol–water partition coefficient (Wildman–Crippen LogP) is 3.54. The van der Waals surface area contributed by atoms with E-state index in [4.69, 9.17) is 0 Å². The van der Waals surface area contributed by atoms with Gasteiger partial charge in [0.05, 0.1) is 0 Å². The van der Waals surface area contributed by atoms with Gasteiger partial charge in [-0.05, 0) is 39.5 Å². The molecule has 2 atom stereocenters. The summed E-state index contributed by atoms with van der Waals surface area (Å²) in [6, 6.07) is 0.857. The van der Waals surface area contributed by atoms with Crippen LogP contribution in [0.2, 0.25) is 0 Å². The largest absolute Gasteiger partial charge is 0.336 e. The molecule has 1 rings (SSSR count). The second-order valence-electron chi connectivity index (χ2n) is 5.38. The van der Waals surface area contributed by atoms with Crippen molar-refractivity contribution in [2.75, 3.05) is 6.54 Å². The fourth-order valence-corrected chi connectivity index (χ4v) is 2.47. The number of amides is 2. The number of carbonyl (C=O) groups excluding carboxylic acids is 1. The number of carbonyl (C=O) groups is 1. The van der Waals surface area contributed by atoms with E-state index in [-0.39, 0.29) is 6.03 Å². The molecule has 100 valence electrons. The summed E-state index contributed by atoms with van der Waals surface area (Å²) >= 11 is 0. The van der Waals surface area contributed by atoms with Crippen molar-refractivity contribution in [3.63, 3.8) is 0 Å². The highest BCUT2D eigenvalue weighted by molar-refractivity contribution is 5.74. The Morgan fingerprint density at radius 1 is 1.41 bits per heavy atom. The molecule has 1 heterocycles. The Kier molecular flexibility index (Phi) is 6.38. The second-order valence-corrected chi connectivity index (χ2v) is 5.38. The summed E-state index contributed by atoms with van der Waals surface area (Å²) in [5, 5.41) is 3.13. The van der Waals surface area contributed by atoms with Crippen molar-refractivity contribution in [2.24, 2.45) is 0 Å². The first-order chi connectivity index (χ1) is 8.15. The van der Waals surface area contributed by atoms with Crippen molar-refractivity contribution >= 4 is 6.03 Å². The van der Waals surface area contributed by atoms with E-state index >= 15 is 0 Å². The first kappa shape index (κ1) is 14.3. The van der Waals surface area contributed by atoms with Crippen LogP contribution >= 0.6 is 0 Å². The van der Waals surface area contributed by atoms with Gasteiger partial charge in [-0.25, -0.2) is 4.79 Å². The first-order valence-electron chi connectivity index (χ1n) is 7.22. The minimum absolute atomic E-state index is 0.140. The van der Waals surface area contributed by atoms with Gasteiger partial charge < -0.3 is 10.2 Å². The van der Waals surface area contributed by atoms with Crippen LogP contribution in [0.1, 0.15) is 65.7 Å². The highest BCUT2D eigenvalue weighted by Crippen LogP contribution is 2.16. The van der Waals surface area contributed by atoms with Crippen molar-refractivity contribution in [1.82, 2.24) is 10.2 Å². The second kappa shape index (κ2) is 7.57. The third-order valence-corrected chi connectivity index (χ3v) is 3.67. The number of hydrogen-bond acceptors (Lipinski definition) is 1. The van der Waals surface area contributed by atoms with E-state index in [0.717, 1.165) is 25.8 Å². The lowest BCUT2D eigenvalue weighted by molar-refractivity contribution is 0.155. The summed E-state index contributed by atoms with van der Waals surface area (Å²) < 4.78 is 0. The molecule has 1 aliphatic heterocycles. The molecule has 3 heteroatoms. The fraction of sp³-hybridized carbons (Fsp3) is 0.929. The van der Waals surface area contributed by atoms with Crippen LogP contribution in [0.5, 0.6) is 0 Å². The number of nitrogens with zero attached hydrogens (tertiary/aromatic N) is 1. The zero-order valence-electron chi connectivity index (χ0n) is 11.7. The quantitative estimate of drug-likeness (QED) is 0.732. The van der Waals surface area contributed by atoms with Gasteiger partial charge in [-0.3, -0.25) is 0 Å². The molecule has 0 saturated carbocycles. The molecule has 0 unspecified atom stereocenters. The van der Waals surface area contributed by atoms with E-state index in [1.165, 1.54) is 25.7 Å². The zero-order chi connectivity index (χ0) is 12.7. The molecule has 17 heavy (non-hydrogen) atoms. The molecule has 0 aromatic heterocycles. The van der Waals surface area contributed by atoms with Crippen LogP contribution in [-0.4, -0.2) is 29.6 Å². The van der Waals surface area contributed by atoms with Gasteiger partial charge in [-0.2, -0.15) is 0 Å². The van der Waals surface area contributed by atoms with Crippen molar-refractivity contribution in [2.45, 2.75) is 77.8 Å². The number of piperidine rings is 1. The molecular formula is C14H28N2O. The van der Waals surface area contributed by atoms with E-state index in [1.807, 2.05) is 4.90 Å². The summed E-state index contributed by atoms with van der Waals surface area (Å²) in [6.07, 6.45) is 8.38. The molecule has 3 nitrogen and oxygen atoms in total. The minimum atomic E-state index is 0.140. The number of likely N-dealkylation sites (tertiary alicyclic amines) is 1. The molecule has 0 aliphatic carbocycles. The summed E-state index contributed by atoms with van der Waals surface area (Å²) in [5.41, 5.74) is 0. The summed E-state index contributed by atoms with van der Waals surface area (Å²) in [4.78, 5) is 14.1. The van der Waals surface area contributed by atoms with Crippen LogP contribution < -0.4 is 5.32 Å². The molecule has 2 amide bonds. The molecule has 0 aromatic carbocycles. The van der Waals surface area contributed by atoms with Gasteiger partial charge in [0.1, 0.15) is 0 Å². The van der Waals surface area contributed by atoms with Gasteiger partial charge in [0.25, 0.3) is 0 Å². The maximum Gasteiger partial charge on any atom is 0.317 e. The normalized spacial score (nSPS) is 22.3. The maximum absolute atomic E-state index is 12.1. The Bertz CT molecular complexity index is 230. The Hall–Kier alpha value is -0.730. The first-order valence-corrected chi connectivity index (χ1v) is 7.22. The van der Waals surface area contributed by atoms with Gasteiger partial charge in [-0.15, -0.1) is 0 Å². The lowest BCUT2D eigenvalue weighted by Crippen LogP contribution is -2.49. The summed E-state index contributed by atoms with van der Waals surface area (Å²) in [6.45, 7) is 7.40. The SMILES string of the molecule is CCCCC[C@@H](C)NC(=O)N1CCCC[C@@H]1C. The number of unbranched alkanes of at least 4 members (excludes halogenated alkanes) is 2. The van der Waals surface area contributed by atoms with Crippen LogP contribution in [0.4, 0.5) is 4.79 Å². The minimum Gasteiger partial charge on any atom is -0.336 e. The molecule has 1 aliphatic rings. The van der Waals surface area contributed by atoms with E-state index < -0.39 is 0 Å². The Balaban J connectivity index is 2.27. The Labute approximate surface area is 106 Å². The topological polar surface area (TPSA) is 32.3 Å². The number of nitrogens with one attached hydrogen (secondary N) is 1. The molecule has 1 saturated heterocycles. The van der Waals surface area contributed by atoms with Crippen molar-refractivity contribution in [1.29, 1.82) is 0 Å². The summed E-state index contributed by atoms with van der Waals surface area (Å²) in [7, 11) is 0. The van der Waals surface area contributed by atoms with Crippen LogP contribution in [0, 0.1) is 0 Å². The number of hydrogen-bond donors (Lipinski definition) is 1. The van der Waals surface area contributed by atoms with E-state index in [1.54, 1.807) is 0 Å². The van der Waals surface area contributed by atoms with Crippen LogP contribution in [0.25, 0.3) is 0 Å². The lowest BCUT2D eigenvalue weighted by Gasteiger charge is -2.34. The average molecular weight is 240 g/mol. The molecule has 0 spiro atoms. The van der Waals surface area contributed by atoms with E-state index in [0.29, 0.717) is 12.1 Å². The van der Waals surface area contributed by atoms with Crippen molar-refractivity contribution in [3.8, 4) is 0 Å². The molecule has 1 N–H and O–H groups in total. The highest BCUT2D eigenvalue weighted by Gasteiger charge is 2.23. The molecule has 0 bridgehead atoms. The van der Waals surface area contributed by atoms with Crippen LogP contribution in [-0.2, 0) is 0 Å². The molecule has 0 radical (unpaired) electrons. The Morgan fingerprint density at radius 2 is 2.18 bits per heavy atom. The van der Waals surface area contributed by atoms with E-state index in [2.05, 4.69) is 26.1 Å². The third-order valence-electron chi connectivity index (χ3n) is 3.67. The summed E-state index contributed by atoms with van der Waals surface area (Å²) in [5.74, 6) is 0. The van der Waals surface area contributed by atoms with Crippen molar-refractivity contribution < 1.29 is 4.79 Å². The van der Waals surface area contributed by atoms with Gasteiger partial charge in [0.15, 0.2) is 0 Å². The van der Waals surface area contributed by atoms with Crippen LogP contribution in [0.15, 0.2) is 0 Å². The van der Waals surface area contributed by atoms with Crippen LogP contribution in [0.3, 0.4) is 0 Å². The molecule has 0 aromatic rings. The number of urea groups is 1. The molecular weight excluding hydrogens is 212 g/mol. The third kappa shape index (κ3) is 4.97. The van der Waals surface area contributed by atoms with Gasteiger partial charge >= 0.3 is 6.03 Å². The van der Waals surface area contributed by atoms with Crippen molar-refractivity contribution in [3.05, 3.63) is 0 Å². The fourth-order valence-electron chi connectivity index (χ4n) is 2.47. The van der Waals surface area contributed by atoms with Gasteiger partial charge in [0.2, 0.25) is 0 Å². The lowest BCUT2D eigenvalue weighted by atomic mass is 10.0. The van der Waals surface area contributed by atoms with Gasteiger partial charge in [0, 0.05) is 18.6 Å². The average Bonchev–Trinajstić information content (AvgIpc) is 2.29. The number of rotatable bonds is 5. The van der Waals surface area contributed by atoms with Gasteiger partial charge in [-0.1, -0.05) is 26.2 Å². The smallest absolute Gasteiger partial charge is 0.317 e. The predicted molar refractivity (Wildman–Crippen MR) is 72.2 cm³/mol. The highest BCUT2D eigenvalue weighted by atomic mass is 16.2. The molecule has 1 fully saturated rings. The standard InChI is InChI=1S/C14H28N2O/c1-4-5-6-9-12(2)15-14(17)16-11-8-7-10-13(16)3/h12-13H,4-11H2,1-3H3,(H,15,17)/t12-,13+/m1/s1. The maximum atomic E-state index is 12.1. The monoisotopic (exact) mass is 240 g/mol. The van der Waals surface area contributed by atoms with E-state index in [9.17, 15) is 4.79 Å². The Morgan fingerprint density at radius 3 is 2.82 bits per heavy atom.